The van der Waals surface area contributed by atoms with E-state index in [9.17, 15) is 4.79 Å². The van der Waals surface area contributed by atoms with Crippen LogP contribution in [-0.4, -0.2) is 55.2 Å². The molecule has 2 unspecified atom stereocenters. The molecule has 2 heterocycles. The minimum absolute atomic E-state index is 0. The molecular formula is C19H31N5O2. The molecule has 144 valence electrons. The summed E-state index contributed by atoms with van der Waals surface area (Å²) in [6.07, 6.45) is 5.62. The van der Waals surface area contributed by atoms with Crippen molar-refractivity contribution >= 4 is 23.6 Å². The van der Waals surface area contributed by atoms with Gasteiger partial charge in [-0.05, 0) is 50.3 Å². The van der Waals surface area contributed by atoms with Gasteiger partial charge >= 0.3 is 6.03 Å². The summed E-state index contributed by atoms with van der Waals surface area (Å²) in [4.78, 5) is 14.3. The Balaban J connectivity index is 0.000000542. The topological polar surface area (TPSA) is 115 Å². The van der Waals surface area contributed by atoms with Gasteiger partial charge in [0.05, 0.1) is 12.3 Å². The average molecular weight is 361 g/mol. The number of benzene rings is 1. The lowest BCUT2D eigenvalue weighted by Gasteiger charge is -2.52. The fourth-order valence-electron chi connectivity index (χ4n) is 3.51. The Kier molecular flexibility index (Phi) is 7.29. The first-order chi connectivity index (χ1) is 12.5. The van der Waals surface area contributed by atoms with Crippen LogP contribution >= 0.6 is 0 Å². The highest BCUT2D eigenvalue weighted by atomic mass is 16.5. The number of nitrogens with two attached hydrogens (primary N) is 1. The van der Waals surface area contributed by atoms with Gasteiger partial charge in [-0.1, -0.05) is 6.07 Å². The van der Waals surface area contributed by atoms with Gasteiger partial charge in [-0.25, -0.2) is 4.79 Å². The SMILES string of the molecule is COCCN.Cc1ccc(NC(=O)N2C3CCCC2C3)cc1C(=N)C=N.[HH]. The maximum Gasteiger partial charge on any atom is 0.322 e. The highest BCUT2D eigenvalue weighted by Crippen LogP contribution is 2.38. The van der Waals surface area contributed by atoms with E-state index >= 15 is 0 Å². The van der Waals surface area contributed by atoms with Crippen LogP contribution in [0.3, 0.4) is 0 Å². The van der Waals surface area contributed by atoms with Crippen LogP contribution in [0.15, 0.2) is 18.2 Å². The van der Waals surface area contributed by atoms with Gasteiger partial charge in [0.25, 0.3) is 0 Å². The molecule has 0 aromatic heterocycles. The lowest BCUT2D eigenvalue weighted by Crippen LogP contribution is -2.62. The quantitative estimate of drug-likeness (QED) is 0.604. The van der Waals surface area contributed by atoms with Gasteiger partial charge < -0.3 is 26.1 Å². The zero-order valence-corrected chi connectivity index (χ0v) is 15.5. The molecule has 1 aromatic carbocycles. The molecule has 2 aliphatic rings. The van der Waals surface area contributed by atoms with Crippen LogP contribution in [0, 0.1) is 17.7 Å². The van der Waals surface area contributed by atoms with Crippen molar-refractivity contribution in [2.45, 2.75) is 44.7 Å². The Hall–Kier alpha value is -2.25. The number of hydrogen-bond acceptors (Lipinski definition) is 5. The van der Waals surface area contributed by atoms with E-state index in [1.165, 1.54) is 6.42 Å². The minimum atomic E-state index is -0.0351. The van der Waals surface area contributed by atoms with E-state index in [2.05, 4.69) is 10.1 Å². The summed E-state index contributed by atoms with van der Waals surface area (Å²) in [5.74, 6) is 0. The van der Waals surface area contributed by atoms with Crippen molar-refractivity contribution in [1.82, 2.24) is 4.90 Å². The van der Waals surface area contributed by atoms with Gasteiger partial charge in [0, 0.05) is 44.6 Å². The van der Waals surface area contributed by atoms with E-state index in [4.69, 9.17) is 16.6 Å². The number of carbonyl (C=O) groups excluding carboxylic acids is 1. The number of urea groups is 1. The third kappa shape index (κ3) is 4.68. The number of ether oxygens (including phenoxy) is 1. The summed E-state index contributed by atoms with van der Waals surface area (Å²) in [6.45, 7) is 3.19. The van der Waals surface area contributed by atoms with Crippen LogP contribution in [0.1, 0.15) is 38.2 Å². The van der Waals surface area contributed by atoms with E-state index in [0.29, 0.717) is 36.5 Å². The molecule has 5 N–H and O–H groups in total. The Morgan fingerprint density at radius 3 is 2.65 bits per heavy atom. The van der Waals surface area contributed by atoms with E-state index < -0.39 is 0 Å². The van der Waals surface area contributed by atoms with Gasteiger partial charge in [0.2, 0.25) is 0 Å². The number of anilines is 1. The molecule has 0 radical (unpaired) electrons. The third-order valence-electron chi connectivity index (χ3n) is 4.89. The van der Waals surface area contributed by atoms with E-state index in [-0.39, 0.29) is 13.2 Å². The number of amides is 2. The monoisotopic (exact) mass is 361 g/mol. The molecule has 2 aliphatic heterocycles. The maximum atomic E-state index is 12.4. The summed E-state index contributed by atoms with van der Waals surface area (Å²) < 4.78 is 4.57. The predicted molar refractivity (Wildman–Crippen MR) is 107 cm³/mol. The van der Waals surface area contributed by atoms with Crippen LogP contribution in [0.4, 0.5) is 10.5 Å². The van der Waals surface area contributed by atoms with Crippen LogP contribution < -0.4 is 11.1 Å². The fourth-order valence-corrected chi connectivity index (χ4v) is 3.51. The van der Waals surface area contributed by atoms with E-state index in [0.717, 1.165) is 31.0 Å². The number of rotatable bonds is 5. The molecule has 7 heteroatoms. The number of piperidine rings is 1. The number of methoxy groups -OCH3 is 1. The summed E-state index contributed by atoms with van der Waals surface area (Å²) >= 11 is 0. The molecule has 0 saturated carbocycles. The lowest BCUT2D eigenvalue weighted by molar-refractivity contribution is 0.0173. The normalized spacial score (nSPS) is 20.3. The molecule has 2 bridgehead atoms. The molecule has 2 fully saturated rings. The maximum absolute atomic E-state index is 12.4. The number of fused-ring (bicyclic) bond motifs is 2. The second-order valence-corrected chi connectivity index (χ2v) is 6.68. The first-order valence-corrected chi connectivity index (χ1v) is 9.00. The van der Waals surface area contributed by atoms with Crippen molar-refractivity contribution in [3.05, 3.63) is 29.3 Å². The van der Waals surface area contributed by atoms with E-state index in [1.54, 1.807) is 13.2 Å². The summed E-state index contributed by atoms with van der Waals surface area (Å²) in [6, 6.07) is 6.29. The number of carbonyl (C=O) groups is 1. The van der Waals surface area contributed by atoms with Crippen molar-refractivity contribution in [1.29, 1.82) is 10.8 Å². The van der Waals surface area contributed by atoms with Crippen molar-refractivity contribution < 1.29 is 11.0 Å². The number of nitrogens with zero attached hydrogens (tertiary/aromatic N) is 1. The van der Waals surface area contributed by atoms with Crippen molar-refractivity contribution in [3.8, 4) is 0 Å². The molecule has 1 aromatic rings. The zero-order valence-electron chi connectivity index (χ0n) is 15.5. The Labute approximate surface area is 156 Å². The van der Waals surface area contributed by atoms with Crippen molar-refractivity contribution in [3.63, 3.8) is 0 Å². The Bertz CT molecular complexity index is 652. The summed E-state index contributed by atoms with van der Waals surface area (Å²) in [5.41, 5.74) is 7.48. The van der Waals surface area contributed by atoms with Crippen LogP contribution in [0.5, 0.6) is 0 Å². The molecule has 26 heavy (non-hydrogen) atoms. The predicted octanol–water partition coefficient (Wildman–Crippen LogP) is 3.01. The zero-order chi connectivity index (χ0) is 19.1. The van der Waals surface area contributed by atoms with Gasteiger partial charge in [0.15, 0.2) is 0 Å². The second-order valence-electron chi connectivity index (χ2n) is 6.68. The Morgan fingerprint density at radius 1 is 1.46 bits per heavy atom. The molecular weight excluding hydrogens is 330 g/mol. The van der Waals surface area contributed by atoms with Crippen LogP contribution in [0.25, 0.3) is 0 Å². The minimum Gasteiger partial charge on any atom is -0.383 e. The fraction of sp³-hybridized carbons (Fsp3) is 0.526. The van der Waals surface area contributed by atoms with Crippen LogP contribution in [-0.2, 0) is 4.74 Å². The third-order valence-corrected chi connectivity index (χ3v) is 4.89. The first-order valence-electron chi connectivity index (χ1n) is 9.00. The average Bonchev–Trinajstić information content (AvgIpc) is 2.64. The smallest absolute Gasteiger partial charge is 0.322 e. The lowest BCUT2D eigenvalue weighted by atomic mass is 9.80. The van der Waals surface area contributed by atoms with Gasteiger partial charge in [-0.2, -0.15) is 0 Å². The number of nitrogens with one attached hydrogen (secondary N) is 3. The largest absolute Gasteiger partial charge is 0.383 e. The second kappa shape index (κ2) is 9.45. The molecule has 0 spiro atoms. The van der Waals surface area contributed by atoms with Gasteiger partial charge in [-0.15, -0.1) is 0 Å². The summed E-state index contributed by atoms with van der Waals surface area (Å²) in [5, 5.41) is 17.9. The van der Waals surface area contributed by atoms with Crippen LogP contribution in [0.2, 0.25) is 0 Å². The molecule has 2 atom stereocenters. The highest BCUT2D eigenvalue weighted by molar-refractivity contribution is 6.36. The molecule has 0 aliphatic carbocycles. The van der Waals surface area contributed by atoms with Gasteiger partial charge in [-0.3, -0.25) is 5.41 Å². The molecule has 7 nitrogen and oxygen atoms in total. The van der Waals surface area contributed by atoms with E-state index in [1.807, 2.05) is 24.0 Å². The number of aryl methyl sites for hydroxylation is 1. The number of hydrogen-bond donors (Lipinski definition) is 4. The molecule has 3 rings (SSSR count). The van der Waals surface area contributed by atoms with Gasteiger partial charge in [0.1, 0.15) is 0 Å². The Morgan fingerprint density at radius 2 is 2.15 bits per heavy atom. The van der Waals surface area contributed by atoms with Crippen molar-refractivity contribution in [2.75, 3.05) is 25.6 Å². The molecule has 2 amide bonds. The first kappa shape index (κ1) is 20.1. The highest BCUT2D eigenvalue weighted by Gasteiger charge is 2.44. The standard InChI is InChI=1S/C16H20N4O.C3H9NO.H2/c1-10-5-6-11(7-14(10)15(18)9-17)19-16(21)20-12-3-2-4-13(20)8-12;1-5-3-2-4;/h5-7,9,12-13,17-18H,2-4,8H2,1H3,(H,19,21);2-4H2,1H3;1H. The summed E-state index contributed by atoms with van der Waals surface area (Å²) in [7, 11) is 1.63. The molecule has 2 saturated heterocycles. The van der Waals surface area contributed by atoms with Crippen molar-refractivity contribution in [2.24, 2.45) is 5.73 Å².